The average molecular weight is 464 g/mol. The molecule has 2 heterocycles. The van der Waals surface area contributed by atoms with E-state index in [0.717, 1.165) is 82.3 Å². The summed E-state index contributed by atoms with van der Waals surface area (Å²) in [5, 5.41) is 0. The smallest absolute Gasteiger partial charge is 0.225 e. The SMILES string of the molecule is COc1ccc(OC)c(CN2CCC(C(=O)N3CCN(CC=Cc4ccccc4)CC3)CC2)c1. The molecule has 0 radical (unpaired) electrons. The number of rotatable bonds is 8. The molecule has 2 aliphatic heterocycles. The first-order valence-corrected chi connectivity index (χ1v) is 12.3. The van der Waals surface area contributed by atoms with E-state index in [-0.39, 0.29) is 5.92 Å². The minimum atomic E-state index is 0.146. The van der Waals surface area contributed by atoms with Crippen LogP contribution in [0.25, 0.3) is 6.08 Å². The normalized spacial score (nSPS) is 18.4. The largest absolute Gasteiger partial charge is 0.497 e. The maximum absolute atomic E-state index is 13.1. The lowest BCUT2D eigenvalue weighted by molar-refractivity contribution is -0.138. The summed E-state index contributed by atoms with van der Waals surface area (Å²) in [4.78, 5) is 20.1. The zero-order valence-corrected chi connectivity index (χ0v) is 20.5. The molecule has 2 saturated heterocycles. The highest BCUT2D eigenvalue weighted by Crippen LogP contribution is 2.28. The minimum Gasteiger partial charge on any atom is -0.497 e. The molecule has 0 N–H and O–H groups in total. The molecule has 34 heavy (non-hydrogen) atoms. The molecular formula is C28H37N3O3. The van der Waals surface area contributed by atoms with Gasteiger partial charge in [-0.2, -0.15) is 0 Å². The van der Waals surface area contributed by atoms with Crippen LogP contribution in [0, 0.1) is 5.92 Å². The molecule has 0 aliphatic carbocycles. The van der Waals surface area contributed by atoms with Crippen LogP contribution in [0.15, 0.2) is 54.6 Å². The van der Waals surface area contributed by atoms with Crippen molar-refractivity contribution in [2.24, 2.45) is 5.92 Å². The van der Waals surface area contributed by atoms with Gasteiger partial charge in [-0.25, -0.2) is 0 Å². The Hall–Kier alpha value is -2.83. The van der Waals surface area contributed by atoms with E-state index in [1.165, 1.54) is 5.56 Å². The molecule has 2 fully saturated rings. The van der Waals surface area contributed by atoms with E-state index in [1.54, 1.807) is 14.2 Å². The molecule has 182 valence electrons. The van der Waals surface area contributed by atoms with Gasteiger partial charge in [0.05, 0.1) is 14.2 Å². The Labute approximate surface area is 203 Å². The van der Waals surface area contributed by atoms with E-state index >= 15 is 0 Å². The molecule has 0 spiro atoms. The fourth-order valence-electron chi connectivity index (χ4n) is 4.90. The summed E-state index contributed by atoms with van der Waals surface area (Å²) in [6, 6.07) is 16.3. The standard InChI is InChI=1S/C28H37N3O3/c1-33-26-10-11-27(34-2)25(21-26)22-30-15-12-24(13-16-30)28(32)31-19-17-29(18-20-31)14-6-9-23-7-4-3-5-8-23/h3-11,21,24H,12-20,22H2,1-2H3. The molecule has 0 aromatic heterocycles. The molecule has 1 amide bonds. The third-order valence-electron chi connectivity index (χ3n) is 6.98. The van der Waals surface area contributed by atoms with Gasteiger partial charge in [-0.15, -0.1) is 0 Å². The summed E-state index contributed by atoms with van der Waals surface area (Å²) in [5.74, 6) is 2.22. The Morgan fingerprint density at radius 3 is 2.32 bits per heavy atom. The van der Waals surface area contributed by atoms with E-state index in [4.69, 9.17) is 9.47 Å². The molecule has 6 nitrogen and oxygen atoms in total. The average Bonchev–Trinajstić information content (AvgIpc) is 2.90. The molecule has 0 bridgehead atoms. The van der Waals surface area contributed by atoms with Crippen molar-refractivity contribution in [3.05, 3.63) is 65.7 Å². The van der Waals surface area contributed by atoms with E-state index in [9.17, 15) is 4.79 Å². The van der Waals surface area contributed by atoms with Crippen molar-refractivity contribution in [3.8, 4) is 11.5 Å². The predicted molar refractivity (Wildman–Crippen MR) is 136 cm³/mol. The first-order chi connectivity index (χ1) is 16.7. The monoisotopic (exact) mass is 463 g/mol. The number of benzene rings is 2. The van der Waals surface area contributed by atoms with E-state index in [2.05, 4.69) is 51.1 Å². The fraction of sp³-hybridized carbons (Fsp3) is 0.464. The maximum Gasteiger partial charge on any atom is 0.225 e. The summed E-state index contributed by atoms with van der Waals surface area (Å²) in [6.07, 6.45) is 6.24. The number of methoxy groups -OCH3 is 2. The van der Waals surface area contributed by atoms with Crippen molar-refractivity contribution >= 4 is 12.0 Å². The highest BCUT2D eigenvalue weighted by molar-refractivity contribution is 5.79. The lowest BCUT2D eigenvalue weighted by atomic mass is 9.94. The van der Waals surface area contributed by atoms with Crippen LogP contribution in [-0.4, -0.2) is 80.6 Å². The molecule has 0 atom stereocenters. The lowest BCUT2D eigenvalue weighted by Crippen LogP contribution is -2.51. The minimum absolute atomic E-state index is 0.146. The van der Waals surface area contributed by atoms with Crippen LogP contribution in [0.3, 0.4) is 0 Å². The maximum atomic E-state index is 13.1. The van der Waals surface area contributed by atoms with Crippen molar-refractivity contribution in [1.82, 2.24) is 14.7 Å². The molecule has 2 aromatic carbocycles. The number of piperazine rings is 1. The van der Waals surface area contributed by atoms with Gasteiger partial charge in [0.1, 0.15) is 11.5 Å². The third kappa shape index (κ3) is 6.39. The summed E-state index contributed by atoms with van der Waals surface area (Å²) in [5.41, 5.74) is 2.36. The van der Waals surface area contributed by atoms with E-state index in [0.29, 0.717) is 5.91 Å². The van der Waals surface area contributed by atoms with Crippen LogP contribution in [0.4, 0.5) is 0 Å². The third-order valence-corrected chi connectivity index (χ3v) is 6.98. The van der Waals surface area contributed by atoms with Gasteiger partial charge in [-0.3, -0.25) is 14.6 Å². The fourth-order valence-corrected chi connectivity index (χ4v) is 4.90. The summed E-state index contributed by atoms with van der Waals surface area (Å²) in [7, 11) is 3.39. The quantitative estimate of drug-likeness (QED) is 0.596. The van der Waals surface area contributed by atoms with Crippen molar-refractivity contribution in [2.75, 3.05) is 60.0 Å². The number of carbonyl (C=O) groups is 1. The second kappa shape index (κ2) is 12.0. The summed E-state index contributed by atoms with van der Waals surface area (Å²) < 4.78 is 10.9. The highest BCUT2D eigenvalue weighted by Gasteiger charge is 2.30. The predicted octanol–water partition coefficient (Wildman–Crippen LogP) is 3.77. The van der Waals surface area contributed by atoms with Gasteiger partial charge in [0, 0.05) is 50.7 Å². The first-order valence-electron chi connectivity index (χ1n) is 12.3. The number of amides is 1. The van der Waals surface area contributed by atoms with Crippen LogP contribution in [0.5, 0.6) is 11.5 Å². The number of ether oxygens (including phenoxy) is 2. The molecule has 4 rings (SSSR count). The number of piperidine rings is 1. The number of hydrogen-bond acceptors (Lipinski definition) is 5. The summed E-state index contributed by atoms with van der Waals surface area (Å²) >= 11 is 0. The van der Waals surface area contributed by atoms with Crippen molar-refractivity contribution in [3.63, 3.8) is 0 Å². The van der Waals surface area contributed by atoms with E-state index in [1.807, 2.05) is 24.3 Å². The molecule has 0 unspecified atom stereocenters. The first kappa shape index (κ1) is 24.3. The van der Waals surface area contributed by atoms with Gasteiger partial charge in [-0.1, -0.05) is 42.5 Å². The van der Waals surface area contributed by atoms with Gasteiger partial charge in [0.2, 0.25) is 5.91 Å². The van der Waals surface area contributed by atoms with Gasteiger partial charge in [-0.05, 0) is 49.7 Å². The molecule has 6 heteroatoms. The van der Waals surface area contributed by atoms with Crippen molar-refractivity contribution in [2.45, 2.75) is 19.4 Å². The van der Waals surface area contributed by atoms with E-state index < -0.39 is 0 Å². The highest BCUT2D eigenvalue weighted by atomic mass is 16.5. The van der Waals surface area contributed by atoms with Gasteiger partial charge in [0.15, 0.2) is 0 Å². The van der Waals surface area contributed by atoms with Crippen molar-refractivity contribution in [1.29, 1.82) is 0 Å². The molecular weight excluding hydrogens is 426 g/mol. The Morgan fingerprint density at radius 1 is 0.912 bits per heavy atom. The Bertz CT molecular complexity index is 947. The van der Waals surface area contributed by atoms with Crippen LogP contribution in [0.2, 0.25) is 0 Å². The topological polar surface area (TPSA) is 45.3 Å². The molecule has 2 aliphatic rings. The van der Waals surface area contributed by atoms with Crippen molar-refractivity contribution < 1.29 is 14.3 Å². The number of likely N-dealkylation sites (tertiary alicyclic amines) is 1. The molecule has 0 saturated carbocycles. The van der Waals surface area contributed by atoms with Gasteiger partial charge in [0.25, 0.3) is 0 Å². The molecule has 2 aromatic rings. The number of nitrogens with zero attached hydrogens (tertiary/aromatic N) is 3. The number of carbonyl (C=O) groups excluding carboxylic acids is 1. The zero-order valence-electron chi connectivity index (χ0n) is 20.5. The Morgan fingerprint density at radius 2 is 1.65 bits per heavy atom. The van der Waals surface area contributed by atoms with Crippen LogP contribution in [-0.2, 0) is 11.3 Å². The van der Waals surface area contributed by atoms with Crippen LogP contribution >= 0.6 is 0 Å². The Balaban J connectivity index is 1.20. The Kier molecular flexibility index (Phi) is 8.61. The van der Waals surface area contributed by atoms with Crippen LogP contribution in [0.1, 0.15) is 24.0 Å². The lowest BCUT2D eigenvalue weighted by Gasteiger charge is -2.38. The zero-order chi connectivity index (χ0) is 23.8. The van der Waals surface area contributed by atoms with Gasteiger partial charge < -0.3 is 14.4 Å². The second-order valence-electron chi connectivity index (χ2n) is 9.17. The van der Waals surface area contributed by atoms with Gasteiger partial charge >= 0.3 is 0 Å². The van der Waals surface area contributed by atoms with Crippen LogP contribution < -0.4 is 9.47 Å². The second-order valence-corrected chi connectivity index (χ2v) is 9.17. The number of hydrogen-bond donors (Lipinski definition) is 0. The summed E-state index contributed by atoms with van der Waals surface area (Å²) in [6.45, 7) is 7.17.